The second kappa shape index (κ2) is 5.96. The zero-order valence-electron chi connectivity index (χ0n) is 7.26. The summed E-state index contributed by atoms with van der Waals surface area (Å²) in [5, 5.41) is 8.94. The molecule has 0 aliphatic heterocycles. The average Bonchev–Trinajstić information content (AvgIpc) is 2.03. The summed E-state index contributed by atoms with van der Waals surface area (Å²) in [5.41, 5.74) is 0. The Morgan fingerprint density at radius 1 is 1.45 bits per heavy atom. The van der Waals surface area contributed by atoms with Crippen LogP contribution in [0.5, 0.6) is 0 Å². The largest absolute Gasteiger partial charge is 0.505 e. The molecule has 64 valence electrons. The molecule has 0 rings (SSSR count). The van der Waals surface area contributed by atoms with Gasteiger partial charge in [0.25, 0.3) is 0 Å². The second-order valence-electron chi connectivity index (χ2n) is 2.55. The van der Waals surface area contributed by atoms with Gasteiger partial charge in [0.15, 0.2) is 11.5 Å². The van der Waals surface area contributed by atoms with Gasteiger partial charge in [-0.1, -0.05) is 19.8 Å². The van der Waals surface area contributed by atoms with Gasteiger partial charge in [-0.25, -0.2) is 0 Å². The molecule has 0 aliphatic carbocycles. The molecule has 0 bridgehead atoms. The maximum atomic E-state index is 10.9. The molecule has 0 fully saturated rings. The van der Waals surface area contributed by atoms with E-state index in [9.17, 15) is 4.79 Å². The van der Waals surface area contributed by atoms with Crippen molar-refractivity contribution in [1.29, 1.82) is 0 Å². The van der Waals surface area contributed by atoms with Crippen molar-refractivity contribution in [3.05, 3.63) is 11.8 Å². The molecule has 0 atom stereocenters. The number of carbonyl (C=O) groups is 1. The number of aliphatic hydroxyl groups excluding tert-OH is 1. The van der Waals surface area contributed by atoms with Crippen molar-refractivity contribution in [2.45, 2.75) is 39.5 Å². The molecular weight excluding hydrogens is 140 g/mol. The summed E-state index contributed by atoms with van der Waals surface area (Å²) in [6.45, 7) is 3.74. The van der Waals surface area contributed by atoms with E-state index in [2.05, 4.69) is 6.92 Å². The van der Waals surface area contributed by atoms with Crippen LogP contribution in [-0.2, 0) is 4.79 Å². The van der Waals surface area contributed by atoms with Gasteiger partial charge >= 0.3 is 0 Å². The van der Waals surface area contributed by atoms with Gasteiger partial charge in [-0.15, -0.1) is 0 Å². The molecule has 2 heteroatoms. The zero-order valence-corrected chi connectivity index (χ0v) is 7.26. The topological polar surface area (TPSA) is 37.3 Å². The van der Waals surface area contributed by atoms with E-state index < -0.39 is 0 Å². The molecule has 0 saturated heterocycles. The Bertz CT molecular complexity index is 148. The van der Waals surface area contributed by atoms with Crippen molar-refractivity contribution in [2.75, 3.05) is 0 Å². The van der Waals surface area contributed by atoms with Crippen molar-refractivity contribution in [1.82, 2.24) is 0 Å². The molecule has 0 aromatic heterocycles. The maximum Gasteiger partial charge on any atom is 0.196 e. The Balaban J connectivity index is 3.53. The van der Waals surface area contributed by atoms with Gasteiger partial charge in [0, 0.05) is 6.42 Å². The Morgan fingerprint density at radius 3 is 2.55 bits per heavy atom. The van der Waals surface area contributed by atoms with Crippen molar-refractivity contribution in [2.24, 2.45) is 0 Å². The van der Waals surface area contributed by atoms with E-state index in [-0.39, 0.29) is 11.5 Å². The molecule has 0 unspecified atom stereocenters. The predicted octanol–water partition coefficient (Wildman–Crippen LogP) is 2.60. The normalized spacial score (nSPS) is 11.6. The maximum absolute atomic E-state index is 10.9. The van der Waals surface area contributed by atoms with Gasteiger partial charge in [-0.05, 0) is 19.4 Å². The van der Waals surface area contributed by atoms with Crippen LogP contribution in [0.15, 0.2) is 11.8 Å². The fourth-order valence-electron chi connectivity index (χ4n) is 0.825. The van der Waals surface area contributed by atoms with Crippen molar-refractivity contribution >= 4 is 5.78 Å². The van der Waals surface area contributed by atoms with E-state index >= 15 is 0 Å². The van der Waals surface area contributed by atoms with Gasteiger partial charge < -0.3 is 5.11 Å². The fraction of sp³-hybridized carbons (Fsp3) is 0.667. The van der Waals surface area contributed by atoms with Gasteiger partial charge in [-0.2, -0.15) is 0 Å². The van der Waals surface area contributed by atoms with Crippen molar-refractivity contribution in [3.8, 4) is 0 Å². The number of rotatable bonds is 5. The highest BCUT2D eigenvalue weighted by molar-refractivity contribution is 5.92. The lowest BCUT2D eigenvalue weighted by Crippen LogP contribution is -2.00. The monoisotopic (exact) mass is 156 g/mol. The first-order valence-electron chi connectivity index (χ1n) is 4.10. The number of unbranched alkanes of at least 4 members (excludes halogenated alkanes) is 2. The lowest BCUT2D eigenvalue weighted by atomic mass is 10.1. The minimum atomic E-state index is -0.138. The van der Waals surface area contributed by atoms with E-state index in [4.69, 9.17) is 5.11 Å². The minimum absolute atomic E-state index is 0.0962. The summed E-state index contributed by atoms with van der Waals surface area (Å²) in [5.74, 6) is -0.234. The Hall–Kier alpha value is -0.790. The minimum Gasteiger partial charge on any atom is -0.505 e. The average molecular weight is 156 g/mol. The molecule has 0 heterocycles. The molecule has 0 radical (unpaired) electrons. The summed E-state index contributed by atoms with van der Waals surface area (Å²) in [4.78, 5) is 10.9. The third-order valence-corrected chi connectivity index (χ3v) is 1.57. The van der Waals surface area contributed by atoms with Crippen LogP contribution < -0.4 is 0 Å². The SMILES string of the molecule is CC=C(O)C(=O)CCCCC. The first kappa shape index (κ1) is 10.2. The van der Waals surface area contributed by atoms with Crippen molar-refractivity contribution in [3.63, 3.8) is 0 Å². The van der Waals surface area contributed by atoms with Crippen LogP contribution >= 0.6 is 0 Å². The number of ketones is 1. The van der Waals surface area contributed by atoms with Crippen LogP contribution in [0.4, 0.5) is 0 Å². The number of aliphatic hydroxyl groups is 1. The number of hydrogen-bond donors (Lipinski definition) is 1. The van der Waals surface area contributed by atoms with Gasteiger partial charge in [0.2, 0.25) is 0 Å². The summed E-state index contributed by atoms with van der Waals surface area (Å²) < 4.78 is 0. The summed E-state index contributed by atoms with van der Waals surface area (Å²) in [6.07, 6.45) is 4.96. The molecule has 11 heavy (non-hydrogen) atoms. The quantitative estimate of drug-likeness (QED) is 0.377. The predicted molar refractivity (Wildman–Crippen MR) is 45.5 cm³/mol. The third-order valence-electron chi connectivity index (χ3n) is 1.57. The Kier molecular flexibility index (Phi) is 5.53. The number of hydrogen-bond acceptors (Lipinski definition) is 2. The number of Topliss-reactive ketones (excluding diaryl/α,β-unsaturated/α-hetero) is 1. The van der Waals surface area contributed by atoms with E-state index in [0.717, 1.165) is 19.3 Å². The van der Waals surface area contributed by atoms with Gasteiger partial charge in [0.05, 0.1) is 0 Å². The Labute approximate surface area is 67.9 Å². The summed E-state index contributed by atoms with van der Waals surface area (Å²) in [7, 11) is 0. The van der Waals surface area contributed by atoms with E-state index in [1.807, 2.05) is 0 Å². The molecule has 0 amide bonds. The smallest absolute Gasteiger partial charge is 0.196 e. The van der Waals surface area contributed by atoms with E-state index in [0.29, 0.717) is 6.42 Å². The first-order chi connectivity index (χ1) is 5.22. The van der Waals surface area contributed by atoms with Crippen LogP contribution in [0.1, 0.15) is 39.5 Å². The van der Waals surface area contributed by atoms with E-state index in [1.165, 1.54) is 6.08 Å². The zero-order chi connectivity index (χ0) is 8.69. The molecule has 0 spiro atoms. The third kappa shape index (κ3) is 4.59. The summed E-state index contributed by atoms with van der Waals surface area (Å²) >= 11 is 0. The fourth-order valence-corrected chi connectivity index (χ4v) is 0.825. The van der Waals surface area contributed by atoms with Crippen molar-refractivity contribution < 1.29 is 9.90 Å². The molecule has 0 aromatic carbocycles. The highest BCUT2D eigenvalue weighted by Gasteiger charge is 2.04. The summed E-state index contributed by atoms with van der Waals surface area (Å²) in [6, 6.07) is 0. The molecule has 0 aromatic rings. The lowest BCUT2D eigenvalue weighted by Gasteiger charge is -1.97. The second-order valence-corrected chi connectivity index (χ2v) is 2.55. The van der Waals surface area contributed by atoms with Crippen LogP contribution in [0.25, 0.3) is 0 Å². The number of carbonyl (C=O) groups excluding carboxylic acids is 1. The molecule has 2 nitrogen and oxygen atoms in total. The van der Waals surface area contributed by atoms with Crippen LogP contribution in [0, 0.1) is 0 Å². The first-order valence-corrected chi connectivity index (χ1v) is 4.10. The molecule has 0 aliphatic rings. The number of allylic oxidation sites excluding steroid dienone is 2. The molecule has 1 N–H and O–H groups in total. The highest BCUT2D eigenvalue weighted by atomic mass is 16.3. The standard InChI is InChI=1S/C9H16O2/c1-3-5-6-7-9(11)8(10)4-2/h4,10H,3,5-7H2,1-2H3. The van der Waals surface area contributed by atoms with Gasteiger partial charge in [-0.3, -0.25) is 4.79 Å². The van der Waals surface area contributed by atoms with E-state index in [1.54, 1.807) is 6.92 Å². The lowest BCUT2D eigenvalue weighted by molar-refractivity contribution is -0.118. The van der Waals surface area contributed by atoms with Crippen LogP contribution in [0.3, 0.4) is 0 Å². The van der Waals surface area contributed by atoms with Crippen LogP contribution in [0.2, 0.25) is 0 Å². The highest BCUT2D eigenvalue weighted by Crippen LogP contribution is 2.03. The van der Waals surface area contributed by atoms with Crippen LogP contribution in [-0.4, -0.2) is 10.9 Å². The molecule has 0 saturated carbocycles. The molecular formula is C9H16O2. The Morgan fingerprint density at radius 2 is 2.09 bits per heavy atom. The van der Waals surface area contributed by atoms with Gasteiger partial charge in [0.1, 0.15) is 0 Å².